The standard InChI is InChI=1S/C14H13N3O2/c1-16-9-10(8-15-16)6-7-17-13(18)11-4-2-3-5-12(11)14(17)19/h2-5,8-9H,6-7H2,1H3. The van der Waals surface area contributed by atoms with E-state index in [2.05, 4.69) is 5.10 Å². The number of hydrogen-bond acceptors (Lipinski definition) is 3. The molecule has 2 amide bonds. The number of aromatic nitrogens is 2. The third-order valence-corrected chi connectivity index (χ3v) is 3.26. The second kappa shape index (κ2) is 4.35. The molecule has 2 aromatic rings. The monoisotopic (exact) mass is 255 g/mol. The lowest BCUT2D eigenvalue weighted by Gasteiger charge is -2.12. The molecule has 5 heteroatoms. The van der Waals surface area contributed by atoms with Gasteiger partial charge >= 0.3 is 0 Å². The molecule has 0 saturated heterocycles. The van der Waals surface area contributed by atoms with Crippen LogP contribution in [0.25, 0.3) is 0 Å². The Labute approximate surface area is 110 Å². The van der Waals surface area contributed by atoms with Gasteiger partial charge in [-0.2, -0.15) is 5.10 Å². The maximum atomic E-state index is 12.1. The quantitative estimate of drug-likeness (QED) is 0.776. The van der Waals surface area contributed by atoms with Crippen molar-refractivity contribution in [1.82, 2.24) is 14.7 Å². The van der Waals surface area contributed by atoms with Crippen LogP contribution in [0.3, 0.4) is 0 Å². The normalized spacial score (nSPS) is 14.1. The predicted molar refractivity (Wildman–Crippen MR) is 68.7 cm³/mol. The summed E-state index contributed by atoms with van der Waals surface area (Å²) in [5, 5.41) is 4.07. The largest absolute Gasteiger partial charge is 0.276 e. The third kappa shape index (κ3) is 1.93. The van der Waals surface area contributed by atoms with E-state index >= 15 is 0 Å². The minimum Gasteiger partial charge on any atom is -0.276 e. The molecular formula is C14H13N3O2. The fourth-order valence-electron chi connectivity index (χ4n) is 2.28. The predicted octanol–water partition coefficient (Wildman–Crippen LogP) is 1.26. The van der Waals surface area contributed by atoms with Gasteiger partial charge in [-0.1, -0.05) is 12.1 Å². The number of rotatable bonds is 3. The van der Waals surface area contributed by atoms with E-state index in [1.54, 1.807) is 35.1 Å². The summed E-state index contributed by atoms with van der Waals surface area (Å²) >= 11 is 0. The maximum Gasteiger partial charge on any atom is 0.261 e. The lowest BCUT2D eigenvalue weighted by atomic mass is 10.1. The highest BCUT2D eigenvalue weighted by atomic mass is 16.2. The SMILES string of the molecule is Cn1cc(CCN2C(=O)c3ccccc3C2=O)cn1. The van der Waals surface area contributed by atoms with Crippen molar-refractivity contribution in [3.8, 4) is 0 Å². The van der Waals surface area contributed by atoms with Crippen molar-refractivity contribution in [3.05, 3.63) is 53.3 Å². The smallest absolute Gasteiger partial charge is 0.261 e. The lowest BCUT2D eigenvalue weighted by molar-refractivity contribution is 0.0656. The summed E-state index contributed by atoms with van der Waals surface area (Å²) in [6.07, 6.45) is 4.26. The first-order chi connectivity index (χ1) is 9.16. The van der Waals surface area contributed by atoms with Gasteiger partial charge in [0.15, 0.2) is 0 Å². The number of fused-ring (bicyclic) bond motifs is 1. The van der Waals surface area contributed by atoms with E-state index in [1.165, 1.54) is 4.90 Å². The van der Waals surface area contributed by atoms with Gasteiger partial charge in [0, 0.05) is 19.8 Å². The molecule has 0 spiro atoms. The summed E-state index contributed by atoms with van der Waals surface area (Å²) in [6, 6.07) is 6.93. The number of carbonyl (C=O) groups is 2. The van der Waals surface area contributed by atoms with Crippen molar-refractivity contribution < 1.29 is 9.59 Å². The first-order valence-electron chi connectivity index (χ1n) is 6.09. The van der Waals surface area contributed by atoms with Gasteiger partial charge in [0.25, 0.3) is 11.8 Å². The summed E-state index contributed by atoms with van der Waals surface area (Å²) in [4.78, 5) is 25.5. The highest BCUT2D eigenvalue weighted by molar-refractivity contribution is 6.21. The first-order valence-corrected chi connectivity index (χ1v) is 6.09. The number of hydrogen-bond donors (Lipinski definition) is 0. The van der Waals surface area contributed by atoms with Crippen molar-refractivity contribution in [2.24, 2.45) is 7.05 Å². The Kier molecular flexibility index (Phi) is 2.67. The summed E-state index contributed by atoms with van der Waals surface area (Å²) in [5.74, 6) is -0.408. The van der Waals surface area contributed by atoms with E-state index in [-0.39, 0.29) is 11.8 Å². The number of aryl methyl sites for hydroxylation is 1. The Morgan fingerprint density at radius 2 is 1.74 bits per heavy atom. The summed E-state index contributed by atoms with van der Waals surface area (Å²) < 4.78 is 1.71. The van der Waals surface area contributed by atoms with Crippen LogP contribution in [0.5, 0.6) is 0 Å². The van der Waals surface area contributed by atoms with Crippen molar-refractivity contribution in [2.45, 2.75) is 6.42 Å². The van der Waals surface area contributed by atoms with Crippen LogP contribution < -0.4 is 0 Å². The van der Waals surface area contributed by atoms with Crippen molar-refractivity contribution in [2.75, 3.05) is 6.54 Å². The fraction of sp³-hybridized carbons (Fsp3) is 0.214. The van der Waals surface area contributed by atoms with E-state index < -0.39 is 0 Å². The molecule has 1 aliphatic rings. The van der Waals surface area contributed by atoms with Crippen LogP contribution in [0.15, 0.2) is 36.7 Å². The molecule has 0 radical (unpaired) electrons. The Morgan fingerprint density at radius 3 is 2.26 bits per heavy atom. The van der Waals surface area contributed by atoms with Crippen LogP contribution in [-0.4, -0.2) is 33.0 Å². The summed E-state index contributed by atoms with van der Waals surface area (Å²) in [7, 11) is 1.84. The van der Waals surface area contributed by atoms with Crippen molar-refractivity contribution in [3.63, 3.8) is 0 Å². The Balaban J connectivity index is 1.77. The zero-order chi connectivity index (χ0) is 13.4. The zero-order valence-electron chi connectivity index (χ0n) is 10.5. The second-order valence-electron chi connectivity index (χ2n) is 4.58. The highest BCUT2D eigenvalue weighted by Gasteiger charge is 2.34. The van der Waals surface area contributed by atoms with Crippen LogP contribution in [0.2, 0.25) is 0 Å². The molecule has 3 rings (SSSR count). The van der Waals surface area contributed by atoms with Gasteiger partial charge in [0.2, 0.25) is 0 Å². The molecule has 0 N–H and O–H groups in total. The summed E-state index contributed by atoms with van der Waals surface area (Å²) in [6.45, 7) is 0.387. The molecule has 96 valence electrons. The number of imide groups is 1. The Hall–Kier alpha value is -2.43. The number of nitrogens with zero attached hydrogens (tertiary/aromatic N) is 3. The van der Waals surface area contributed by atoms with Crippen LogP contribution in [0.1, 0.15) is 26.3 Å². The molecule has 1 aromatic heterocycles. The molecule has 5 nitrogen and oxygen atoms in total. The van der Waals surface area contributed by atoms with E-state index in [9.17, 15) is 9.59 Å². The maximum absolute atomic E-state index is 12.1. The minimum atomic E-state index is -0.204. The molecule has 1 aliphatic heterocycles. The molecule has 2 heterocycles. The molecule has 0 unspecified atom stereocenters. The van der Waals surface area contributed by atoms with Gasteiger partial charge in [-0.05, 0) is 24.1 Å². The van der Waals surface area contributed by atoms with Gasteiger partial charge in [-0.3, -0.25) is 19.2 Å². The van der Waals surface area contributed by atoms with Crippen LogP contribution in [-0.2, 0) is 13.5 Å². The Morgan fingerprint density at radius 1 is 1.11 bits per heavy atom. The second-order valence-corrected chi connectivity index (χ2v) is 4.58. The van der Waals surface area contributed by atoms with Gasteiger partial charge in [0.1, 0.15) is 0 Å². The van der Waals surface area contributed by atoms with Gasteiger partial charge < -0.3 is 0 Å². The van der Waals surface area contributed by atoms with E-state index in [0.29, 0.717) is 24.1 Å². The summed E-state index contributed by atoms with van der Waals surface area (Å²) in [5.41, 5.74) is 2.01. The number of carbonyl (C=O) groups excluding carboxylic acids is 2. The topological polar surface area (TPSA) is 55.2 Å². The van der Waals surface area contributed by atoms with E-state index in [1.807, 2.05) is 13.2 Å². The van der Waals surface area contributed by atoms with E-state index in [0.717, 1.165) is 5.56 Å². The molecule has 0 atom stereocenters. The van der Waals surface area contributed by atoms with E-state index in [4.69, 9.17) is 0 Å². The van der Waals surface area contributed by atoms with Gasteiger partial charge in [0.05, 0.1) is 17.3 Å². The molecule has 0 bridgehead atoms. The van der Waals surface area contributed by atoms with Crippen molar-refractivity contribution >= 4 is 11.8 Å². The zero-order valence-corrected chi connectivity index (χ0v) is 10.5. The van der Waals surface area contributed by atoms with Crippen LogP contribution in [0.4, 0.5) is 0 Å². The van der Waals surface area contributed by atoms with Crippen LogP contribution in [0, 0.1) is 0 Å². The molecule has 0 saturated carbocycles. The van der Waals surface area contributed by atoms with Gasteiger partial charge in [-0.25, -0.2) is 0 Å². The molecular weight excluding hydrogens is 242 g/mol. The molecule has 19 heavy (non-hydrogen) atoms. The molecule has 0 fully saturated rings. The lowest BCUT2D eigenvalue weighted by Crippen LogP contribution is -2.31. The van der Waals surface area contributed by atoms with Crippen molar-refractivity contribution in [1.29, 1.82) is 0 Å². The number of benzene rings is 1. The minimum absolute atomic E-state index is 0.204. The van der Waals surface area contributed by atoms with Gasteiger partial charge in [-0.15, -0.1) is 0 Å². The average molecular weight is 255 g/mol. The first kappa shape index (κ1) is 11.6. The Bertz CT molecular complexity index is 625. The highest BCUT2D eigenvalue weighted by Crippen LogP contribution is 2.22. The average Bonchev–Trinajstić information content (AvgIpc) is 2.93. The fourth-order valence-corrected chi connectivity index (χ4v) is 2.28. The van der Waals surface area contributed by atoms with Crippen LogP contribution >= 0.6 is 0 Å². The number of amides is 2. The third-order valence-electron chi connectivity index (χ3n) is 3.26. The molecule has 1 aromatic carbocycles. The molecule has 0 aliphatic carbocycles.